The van der Waals surface area contributed by atoms with Gasteiger partial charge in [0, 0.05) is 22.0 Å². The molecule has 1 nitrogen and oxygen atoms in total. The van der Waals surface area contributed by atoms with E-state index in [9.17, 15) is 0 Å². The third-order valence-corrected chi connectivity index (χ3v) is 11.6. The van der Waals surface area contributed by atoms with Crippen molar-refractivity contribution in [2.45, 2.75) is 0 Å². The van der Waals surface area contributed by atoms with Crippen LogP contribution in [0.5, 0.6) is 0 Å². The maximum Gasteiger partial charge on any atom is 0.0553 e. The fourth-order valence-corrected chi connectivity index (χ4v) is 9.24. The predicted molar refractivity (Wildman–Crippen MR) is 243 cm³/mol. The summed E-state index contributed by atoms with van der Waals surface area (Å²) < 4.78 is 2.45. The highest BCUT2D eigenvalue weighted by Gasteiger charge is 2.27. The number of aromatic nitrogens is 1. The molecule has 0 aliphatic carbocycles. The topological polar surface area (TPSA) is 4.93 Å². The van der Waals surface area contributed by atoms with Crippen LogP contribution in [0.2, 0.25) is 0 Å². The number of hydrogen-bond acceptors (Lipinski definition) is 0. The molecule has 266 valence electrons. The van der Waals surface area contributed by atoms with E-state index in [2.05, 4.69) is 229 Å². The van der Waals surface area contributed by atoms with Crippen molar-refractivity contribution in [1.29, 1.82) is 0 Å². The van der Waals surface area contributed by atoms with Gasteiger partial charge >= 0.3 is 0 Å². The Kier molecular flexibility index (Phi) is 7.89. The molecule has 11 aromatic rings. The average Bonchev–Trinajstić information content (AvgIpc) is 3.63. The second kappa shape index (κ2) is 13.7. The minimum absolute atomic E-state index is 1.15. The molecule has 0 amide bonds. The van der Waals surface area contributed by atoms with Gasteiger partial charge in [-0.3, -0.25) is 0 Å². The van der Waals surface area contributed by atoms with Gasteiger partial charge in [0.1, 0.15) is 0 Å². The molecule has 0 saturated heterocycles. The molecule has 0 spiro atoms. The van der Waals surface area contributed by atoms with Crippen LogP contribution in [0.15, 0.2) is 224 Å². The fourth-order valence-electron chi connectivity index (χ4n) is 9.24. The van der Waals surface area contributed by atoms with Gasteiger partial charge in [0.05, 0.1) is 11.0 Å². The molecule has 0 fully saturated rings. The van der Waals surface area contributed by atoms with E-state index in [1.54, 1.807) is 0 Å². The Hall–Kier alpha value is -7.48. The highest BCUT2D eigenvalue weighted by molar-refractivity contribution is 6.28. The van der Waals surface area contributed by atoms with E-state index in [0.717, 1.165) is 5.69 Å². The number of hydrogen-bond donors (Lipinski definition) is 0. The first-order valence-electron chi connectivity index (χ1n) is 19.7. The lowest BCUT2D eigenvalue weighted by molar-refractivity contribution is 1.18. The number of benzene rings is 10. The molecule has 11 rings (SSSR count). The van der Waals surface area contributed by atoms with E-state index in [-0.39, 0.29) is 0 Å². The first-order chi connectivity index (χ1) is 28.3. The molecule has 1 heteroatoms. The van der Waals surface area contributed by atoms with E-state index in [0.29, 0.717) is 0 Å². The van der Waals surface area contributed by atoms with Gasteiger partial charge in [0.15, 0.2) is 0 Å². The average molecular weight is 724 g/mol. The van der Waals surface area contributed by atoms with Gasteiger partial charge in [-0.05, 0) is 95.9 Å². The van der Waals surface area contributed by atoms with Gasteiger partial charge in [-0.25, -0.2) is 0 Å². The smallest absolute Gasteiger partial charge is 0.0553 e. The Labute approximate surface area is 332 Å². The van der Waals surface area contributed by atoms with Crippen molar-refractivity contribution >= 4 is 43.4 Å². The monoisotopic (exact) mass is 723 g/mol. The molecular weight excluding hydrogens is 687 g/mol. The van der Waals surface area contributed by atoms with Crippen LogP contribution in [0.25, 0.3) is 105 Å². The summed E-state index contributed by atoms with van der Waals surface area (Å²) in [6.07, 6.45) is 0. The van der Waals surface area contributed by atoms with E-state index >= 15 is 0 Å². The SMILES string of the molecule is c1ccc(-c2ccccc2-c2c3ccccc3c(-c3c(-c4ccccc4)cc4c(c3-c3ccccc3)c3ccccc3n4-c3ccccc3)c3ccccc23)cc1. The van der Waals surface area contributed by atoms with Crippen LogP contribution in [0.4, 0.5) is 0 Å². The molecular formula is C56H37N. The number of fused-ring (bicyclic) bond motifs is 5. The zero-order chi connectivity index (χ0) is 37.7. The molecule has 0 aliphatic heterocycles. The molecule has 0 saturated carbocycles. The molecule has 0 aliphatic rings. The summed E-state index contributed by atoms with van der Waals surface area (Å²) in [7, 11) is 0. The molecule has 10 aromatic carbocycles. The van der Waals surface area contributed by atoms with Crippen LogP contribution < -0.4 is 0 Å². The van der Waals surface area contributed by atoms with Crippen LogP contribution >= 0.6 is 0 Å². The van der Waals surface area contributed by atoms with Crippen molar-refractivity contribution in [3.8, 4) is 61.3 Å². The van der Waals surface area contributed by atoms with Crippen molar-refractivity contribution < 1.29 is 0 Å². The van der Waals surface area contributed by atoms with Gasteiger partial charge in [-0.15, -0.1) is 0 Å². The lowest BCUT2D eigenvalue weighted by Crippen LogP contribution is -1.98. The Morgan fingerprint density at radius 1 is 0.246 bits per heavy atom. The van der Waals surface area contributed by atoms with Crippen LogP contribution in [-0.2, 0) is 0 Å². The summed E-state index contributed by atoms with van der Waals surface area (Å²) in [6, 6.07) is 82.0. The molecule has 1 heterocycles. The third kappa shape index (κ3) is 5.32. The number of rotatable bonds is 6. The summed E-state index contributed by atoms with van der Waals surface area (Å²) >= 11 is 0. The summed E-state index contributed by atoms with van der Waals surface area (Å²) in [4.78, 5) is 0. The molecule has 0 atom stereocenters. The lowest BCUT2D eigenvalue weighted by Gasteiger charge is -2.24. The second-order valence-corrected chi connectivity index (χ2v) is 14.7. The summed E-state index contributed by atoms with van der Waals surface area (Å²) in [5, 5.41) is 7.42. The van der Waals surface area contributed by atoms with Crippen molar-refractivity contribution in [3.05, 3.63) is 224 Å². The molecule has 0 unspecified atom stereocenters. The number of para-hydroxylation sites is 2. The summed E-state index contributed by atoms with van der Waals surface area (Å²) in [5.74, 6) is 0. The van der Waals surface area contributed by atoms with Crippen molar-refractivity contribution in [2.24, 2.45) is 0 Å². The van der Waals surface area contributed by atoms with E-state index in [4.69, 9.17) is 0 Å². The lowest BCUT2D eigenvalue weighted by atomic mass is 9.79. The summed E-state index contributed by atoms with van der Waals surface area (Å²) in [5.41, 5.74) is 15.8. The van der Waals surface area contributed by atoms with Crippen LogP contribution in [0.3, 0.4) is 0 Å². The normalized spacial score (nSPS) is 11.5. The standard InChI is InChI=1S/C56H37N/c1-5-21-38(22-6-1)42-29-13-14-30-43(42)53-44-31-15-17-33-46(44)54(47-34-18-16-32-45(47)53)56-49(39-23-7-2-8-24-39)37-51-55(52(56)40-25-9-3-10-26-40)48-35-19-20-36-50(48)57(51)41-27-11-4-12-28-41/h1-37H. The Morgan fingerprint density at radius 2 is 0.667 bits per heavy atom. The molecule has 0 N–H and O–H groups in total. The van der Waals surface area contributed by atoms with Crippen LogP contribution in [0.1, 0.15) is 0 Å². The molecule has 1 aromatic heterocycles. The van der Waals surface area contributed by atoms with Gasteiger partial charge in [0.25, 0.3) is 0 Å². The zero-order valence-corrected chi connectivity index (χ0v) is 31.3. The van der Waals surface area contributed by atoms with E-state index in [1.165, 1.54) is 99.0 Å². The first-order valence-corrected chi connectivity index (χ1v) is 19.7. The highest BCUT2D eigenvalue weighted by Crippen LogP contribution is 2.53. The fraction of sp³-hybridized carbons (Fsp3) is 0. The van der Waals surface area contributed by atoms with Crippen molar-refractivity contribution in [3.63, 3.8) is 0 Å². The number of nitrogens with zero attached hydrogens (tertiary/aromatic N) is 1. The van der Waals surface area contributed by atoms with Gasteiger partial charge in [-0.1, -0.05) is 200 Å². The Balaban J connectivity index is 1.37. The minimum Gasteiger partial charge on any atom is -0.309 e. The zero-order valence-electron chi connectivity index (χ0n) is 31.3. The minimum atomic E-state index is 1.15. The second-order valence-electron chi connectivity index (χ2n) is 14.7. The molecule has 57 heavy (non-hydrogen) atoms. The Bertz CT molecular complexity index is 3190. The maximum absolute atomic E-state index is 2.46. The van der Waals surface area contributed by atoms with E-state index in [1.807, 2.05) is 0 Å². The van der Waals surface area contributed by atoms with E-state index < -0.39 is 0 Å². The maximum atomic E-state index is 2.46. The van der Waals surface area contributed by atoms with Gasteiger partial charge in [0.2, 0.25) is 0 Å². The van der Waals surface area contributed by atoms with Crippen LogP contribution in [0, 0.1) is 0 Å². The third-order valence-electron chi connectivity index (χ3n) is 11.6. The van der Waals surface area contributed by atoms with Gasteiger partial charge in [-0.2, -0.15) is 0 Å². The summed E-state index contributed by atoms with van der Waals surface area (Å²) in [6.45, 7) is 0. The largest absolute Gasteiger partial charge is 0.309 e. The quantitative estimate of drug-likeness (QED) is 0.151. The predicted octanol–water partition coefficient (Wildman–Crippen LogP) is 15.4. The molecule has 0 radical (unpaired) electrons. The highest BCUT2D eigenvalue weighted by atomic mass is 15.0. The van der Waals surface area contributed by atoms with Crippen LogP contribution in [-0.4, -0.2) is 4.57 Å². The first kappa shape index (κ1) is 32.9. The van der Waals surface area contributed by atoms with Crippen molar-refractivity contribution in [2.75, 3.05) is 0 Å². The Morgan fingerprint density at radius 3 is 1.25 bits per heavy atom. The van der Waals surface area contributed by atoms with Crippen molar-refractivity contribution in [1.82, 2.24) is 4.57 Å². The van der Waals surface area contributed by atoms with Gasteiger partial charge < -0.3 is 4.57 Å². The molecule has 0 bridgehead atoms.